The van der Waals surface area contributed by atoms with Crippen molar-refractivity contribution in [3.63, 3.8) is 0 Å². The Balaban J connectivity index is 1.47. The lowest BCUT2D eigenvalue weighted by Gasteiger charge is -2.37. The van der Waals surface area contributed by atoms with Crippen LogP contribution < -0.4 is 14.7 Å². The van der Waals surface area contributed by atoms with E-state index in [-0.39, 0.29) is 12.4 Å². The normalized spacial score (nSPS) is 17.5. The number of carboxylic acid groups (broad SMARTS) is 1. The molecule has 0 aromatic heterocycles. The van der Waals surface area contributed by atoms with Crippen molar-refractivity contribution in [3.05, 3.63) is 48.5 Å². The Morgan fingerprint density at radius 3 is 2.06 bits per heavy atom. The van der Waals surface area contributed by atoms with Gasteiger partial charge in [-0.25, -0.2) is 13.2 Å². The van der Waals surface area contributed by atoms with Crippen LogP contribution in [-0.4, -0.2) is 80.7 Å². The van der Waals surface area contributed by atoms with Crippen LogP contribution in [0.3, 0.4) is 0 Å². The lowest BCUT2D eigenvalue weighted by atomic mass is 10.1. The van der Waals surface area contributed by atoms with Crippen molar-refractivity contribution < 1.29 is 23.4 Å². The predicted molar refractivity (Wildman–Crippen MR) is 120 cm³/mol. The Bertz CT molecular complexity index is 1040. The van der Waals surface area contributed by atoms with E-state index in [0.29, 0.717) is 45.0 Å². The van der Waals surface area contributed by atoms with Crippen molar-refractivity contribution in [1.29, 1.82) is 0 Å². The van der Waals surface area contributed by atoms with Crippen LogP contribution in [0.1, 0.15) is 0 Å². The number of aliphatic hydroxyl groups is 1. The molecule has 31 heavy (non-hydrogen) atoms. The van der Waals surface area contributed by atoms with Gasteiger partial charge in [0.05, 0.1) is 23.7 Å². The highest BCUT2D eigenvalue weighted by Gasteiger charge is 2.28. The number of nitrogens with zero attached hydrogens (tertiary/aromatic N) is 4. The summed E-state index contributed by atoms with van der Waals surface area (Å²) in [5.74, 6) is -0.238. The van der Waals surface area contributed by atoms with Gasteiger partial charge in [0.15, 0.2) is 0 Å². The van der Waals surface area contributed by atoms with Crippen LogP contribution in [0.2, 0.25) is 0 Å². The van der Waals surface area contributed by atoms with Crippen molar-refractivity contribution in [2.24, 2.45) is 0 Å². The van der Waals surface area contributed by atoms with Crippen molar-refractivity contribution in [1.82, 2.24) is 4.31 Å². The molecule has 2 aliphatic heterocycles. The van der Waals surface area contributed by atoms with Crippen molar-refractivity contribution in [2.75, 3.05) is 66.3 Å². The molecular formula is C21H26N4O5S. The van der Waals surface area contributed by atoms with Crippen LogP contribution in [0, 0.1) is 0 Å². The number of anilines is 4. The SMILES string of the molecule is O=C(O)N1CCN(c2ccc(N3CCN(S(=O)(=O)CCO)CC3)cc2)c2ccccc21. The zero-order valence-corrected chi connectivity index (χ0v) is 17.9. The van der Waals surface area contributed by atoms with Crippen LogP contribution in [0.5, 0.6) is 0 Å². The lowest BCUT2D eigenvalue weighted by Crippen LogP contribution is -2.49. The molecule has 1 amide bonds. The third-order valence-electron chi connectivity index (χ3n) is 5.75. The predicted octanol–water partition coefficient (Wildman–Crippen LogP) is 1.77. The number of rotatable bonds is 5. The molecule has 2 heterocycles. The molecule has 9 nitrogen and oxygen atoms in total. The van der Waals surface area contributed by atoms with Gasteiger partial charge in [0.25, 0.3) is 0 Å². The first-order chi connectivity index (χ1) is 14.9. The Morgan fingerprint density at radius 2 is 1.45 bits per heavy atom. The number of sulfonamides is 1. The molecule has 2 aromatic rings. The number of carbonyl (C=O) groups is 1. The Morgan fingerprint density at radius 1 is 0.839 bits per heavy atom. The number of hydrogen-bond donors (Lipinski definition) is 2. The van der Waals surface area contributed by atoms with Gasteiger partial charge in [0.2, 0.25) is 10.0 Å². The van der Waals surface area contributed by atoms with Gasteiger partial charge >= 0.3 is 6.09 Å². The van der Waals surface area contributed by atoms with Gasteiger partial charge < -0.3 is 20.0 Å². The molecule has 0 spiro atoms. The largest absolute Gasteiger partial charge is 0.465 e. The van der Waals surface area contributed by atoms with E-state index >= 15 is 0 Å². The summed E-state index contributed by atoms with van der Waals surface area (Å²) in [6.07, 6.45) is -0.956. The zero-order chi connectivity index (χ0) is 22.0. The summed E-state index contributed by atoms with van der Waals surface area (Å²) >= 11 is 0. The summed E-state index contributed by atoms with van der Waals surface area (Å²) in [5, 5.41) is 18.4. The second kappa shape index (κ2) is 8.74. The summed E-state index contributed by atoms with van der Waals surface area (Å²) in [6, 6.07) is 15.5. The monoisotopic (exact) mass is 446 g/mol. The molecule has 2 aromatic carbocycles. The molecule has 0 aliphatic carbocycles. The molecule has 0 bridgehead atoms. The van der Waals surface area contributed by atoms with Crippen LogP contribution in [0.4, 0.5) is 27.5 Å². The van der Waals surface area contributed by atoms with E-state index in [4.69, 9.17) is 5.11 Å². The molecule has 4 rings (SSSR count). The minimum Gasteiger partial charge on any atom is -0.465 e. The standard InChI is InChI=1S/C21H26N4O5S/c26-15-16-31(29,30)23-11-9-22(10-12-23)17-5-7-18(8-6-17)24-13-14-25(21(27)28)20-4-2-1-3-19(20)24/h1-8,26H,9-16H2,(H,27,28). The molecule has 1 fully saturated rings. The maximum atomic E-state index is 12.1. The highest BCUT2D eigenvalue weighted by atomic mass is 32.2. The van der Waals surface area contributed by atoms with E-state index in [1.807, 2.05) is 48.5 Å². The van der Waals surface area contributed by atoms with E-state index in [1.54, 1.807) is 0 Å². The Labute approximate surface area is 181 Å². The maximum absolute atomic E-state index is 12.1. The quantitative estimate of drug-likeness (QED) is 0.721. The summed E-state index contributed by atoms with van der Waals surface area (Å²) < 4.78 is 25.7. The smallest absolute Gasteiger partial charge is 0.411 e. The first-order valence-electron chi connectivity index (χ1n) is 10.2. The first-order valence-corrected chi connectivity index (χ1v) is 11.8. The molecule has 2 N–H and O–H groups in total. The van der Waals surface area contributed by atoms with E-state index in [0.717, 1.165) is 17.1 Å². The summed E-state index contributed by atoms with van der Waals surface area (Å²) in [7, 11) is -3.40. The minimum absolute atomic E-state index is 0.238. The van der Waals surface area contributed by atoms with Crippen LogP contribution in [-0.2, 0) is 10.0 Å². The fourth-order valence-corrected chi connectivity index (χ4v) is 5.35. The highest BCUT2D eigenvalue weighted by molar-refractivity contribution is 7.89. The molecule has 1 saturated heterocycles. The number of para-hydroxylation sites is 2. The average Bonchev–Trinajstić information content (AvgIpc) is 2.78. The summed E-state index contributed by atoms with van der Waals surface area (Å²) in [4.78, 5) is 17.2. The summed E-state index contributed by atoms with van der Waals surface area (Å²) in [5.41, 5.74) is 3.52. The van der Waals surface area contributed by atoms with E-state index < -0.39 is 16.1 Å². The molecule has 0 atom stereocenters. The number of fused-ring (bicyclic) bond motifs is 1. The van der Waals surface area contributed by atoms with Gasteiger partial charge in [-0.1, -0.05) is 12.1 Å². The highest BCUT2D eigenvalue weighted by Crippen LogP contribution is 2.38. The molecule has 0 saturated carbocycles. The van der Waals surface area contributed by atoms with Crippen LogP contribution >= 0.6 is 0 Å². The van der Waals surface area contributed by atoms with Gasteiger partial charge in [-0.3, -0.25) is 4.90 Å². The van der Waals surface area contributed by atoms with E-state index in [2.05, 4.69) is 9.80 Å². The fourth-order valence-electron chi connectivity index (χ4n) is 4.14. The summed E-state index contributed by atoms with van der Waals surface area (Å²) in [6.45, 7) is 2.55. The second-order valence-corrected chi connectivity index (χ2v) is 9.61. The van der Waals surface area contributed by atoms with E-state index in [9.17, 15) is 18.3 Å². The third kappa shape index (κ3) is 4.32. The number of piperazine rings is 1. The lowest BCUT2D eigenvalue weighted by molar-refractivity contribution is 0.201. The van der Waals surface area contributed by atoms with Crippen molar-refractivity contribution in [3.8, 4) is 0 Å². The van der Waals surface area contributed by atoms with Gasteiger partial charge in [-0.05, 0) is 36.4 Å². The second-order valence-electron chi connectivity index (χ2n) is 7.52. The van der Waals surface area contributed by atoms with Gasteiger partial charge in [0.1, 0.15) is 0 Å². The first kappa shape index (κ1) is 21.4. The van der Waals surface area contributed by atoms with Crippen molar-refractivity contribution >= 4 is 38.9 Å². The van der Waals surface area contributed by atoms with Crippen molar-refractivity contribution in [2.45, 2.75) is 0 Å². The molecular weight excluding hydrogens is 420 g/mol. The number of aliphatic hydroxyl groups excluding tert-OH is 1. The minimum atomic E-state index is -3.40. The maximum Gasteiger partial charge on any atom is 0.411 e. The molecule has 166 valence electrons. The Kier molecular flexibility index (Phi) is 6.03. The number of amides is 1. The Hall–Kier alpha value is -2.82. The zero-order valence-electron chi connectivity index (χ0n) is 17.1. The van der Waals surface area contributed by atoms with Gasteiger partial charge in [0, 0.05) is 50.6 Å². The number of hydrogen-bond acceptors (Lipinski definition) is 6. The topological polar surface area (TPSA) is 105 Å². The number of benzene rings is 2. The van der Waals surface area contributed by atoms with Crippen LogP contribution in [0.15, 0.2) is 48.5 Å². The van der Waals surface area contributed by atoms with Gasteiger partial charge in [-0.15, -0.1) is 0 Å². The molecule has 10 heteroatoms. The fraction of sp³-hybridized carbons (Fsp3) is 0.381. The van der Waals surface area contributed by atoms with Crippen LogP contribution in [0.25, 0.3) is 0 Å². The third-order valence-corrected chi connectivity index (χ3v) is 7.60. The molecule has 0 radical (unpaired) electrons. The molecule has 0 unspecified atom stereocenters. The molecule has 2 aliphatic rings. The van der Waals surface area contributed by atoms with Gasteiger partial charge in [-0.2, -0.15) is 4.31 Å². The van der Waals surface area contributed by atoms with E-state index in [1.165, 1.54) is 9.21 Å². The average molecular weight is 447 g/mol.